The van der Waals surface area contributed by atoms with Gasteiger partial charge in [-0.25, -0.2) is 0 Å². The van der Waals surface area contributed by atoms with Gasteiger partial charge in [-0.05, 0) is 33.6 Å². The van der Waals surface area contributed by atoms with Crippen molar-refractivity contribution in [3.63, 3.8) is 0 Å². The highest BCUT2D eigenvalue weighted by atomic mass is 32.2. The number of ketones is 1. The number of nitriles is 1. The first-order valence-electron chi connectivity index (χ1n) is 7.18. The molecular formula is C15H21NO4S. The first-order chi connectivity index (χ1) is 9.69. The van der Waals surface area contributed by atoms with Gasteiger partial charge in [-0.1, -0.05) is 6.92 Å². The summed E-state index contributed by atoms with van der Waals surface area (Å²) >= 11 is 1.28. The highest BCUT2D eigenvalue weighted by Gasteiger charge is 2.67. The Morgan fingerprint density at radius 3 is 2.62 bits per heavy atom. The fourth-order valence-electron chi connectivity index (χ4n) is 2.92. The van der Waals surface area contributed by atoms with Gasteiger partial charge in [-0.2, -0.15) is 5.26 Å². The van der Waals surface area contributed by atoms with Gasteiger partial charge >= 0.3 is 5.97 Å². The van der Waals surface area contributed by atoms with Gasteiger partial charge in [0, 0.05) is 11.2 Å². The fraction of sp³-hybridized carbons (Fsp3) is 0.800. The molecule has 5 unspecified atom stereocenters. The number of aliphatic hydroxyl groups is 1. The molecule has 2 heterocycles. The Hall–Kier alpha value is -1.06. The molecule has 0 amide bonds. The lowest BCUT2D eigenvalue weighted by atomic mass is 9.74. The van der Waals surface area contributed by atoms with Gasteiger partial charge in [0.05, 0.1) is 11.5 Å². The van der Waals surface area contributed by atoms with Crippen LogP contribution < -0.4 is 0 Å². The summed E-state index contributed by atoms with van der Waals surface area (Å²) in [6.45, 7) is 6.93. The van der Waals surface area contributed by atoms with E-state index in [0.29, 0.717) is 12.8 Å². The zero-order valence-electron chi connectivity index (χ0n) is 12.8. The van der Waals surface area contributed by atoms with Crippen LogP contribution in [-0.4, -0.2) is 39.1 Å². The predicted molar refractivity (Wildman–Crippen MR) is 78.5 cm³/mol. The van der Waals surface area contributed by atoms with Crippen molar-refractivity contribution in [3.05, 3.63) is 0 Å². The third-order valence-corrected chi connectivity index (χ3v) is 6.56. The van der Waals surface area contributed by atoms with Crippen molar-refractivity contribution in [3.8, 4) is 6.07 Å². The maximum absolute atomic E-state index is 12.2. The molecule has 6 heteroatoms. The zero-order chi connectivity index (χ0) is 16.0. The fourth-order valence-corrected chi connectivity index (χ4v) is 4.80. The van der Waals surface area contributed by atoms with Crippen LogP contribution in [0.4, 0.5) is 0 Å². The Morgan fingerprint density at radius 2 is 2.14 bits per heavy atom. The highest BCUT2D eigenvalue weighted by molar-refractivity contribution is 8.02. The highest BCUT2D eigenvalue weighted by Crippen LogP contribution is 2.58. The van der Waals surface area contributed by atoms with E-state index in [9.17, 15) is 20.0 Å². The molecule has 0 aromatic carbocycles. The van der Waals surface area contributed by atoms with Crippen molar-refractivity contribution in [2.75, 3.05) is 0 Å². The molecule has 2 fully saturated rings. The second-order valence-corrected chi connectivity index (χ2v) is 8.03. The molecule has 2 aliphatic rings. The number of fused-ring (bicyclic) bond motifs is 2. The van der Waals surface area contributed by atoms with E-state index in [1.165, 1.54) is 18.7 Å². The quantitative estimate of drug-likeness (QED) is 0.795. The van der Waals surface area contributed by atoms with Crippen molar-refractivity contribution in [1.29, 1.82) is 5.26 Å². The van der Waals surface area contributed by atoms with E-state index in [1.807, 2.05) is 6.92 Å². The first-order valence-corrected chi connectivity index (χ1v) is 8.06. The van der Waals surface area contributed by atoms with Crippen molar-refractivity contribution in [2.45, 2.75) is 62.7 Å². The maximum Gasteiger partial charge on any atom is 0.311 e. The lowest BCUT2D eigenvalue weighted by Gasteiger charge is -2.35. The summed E-state index contributed by atoms with van der Waals surface area (Å²) in [4.78, 5) is 23.9. The van der Waals surface area contributed by atoms with E-state index < -0.39 is 28.3 Å². The summed E-state index contributed by atoms with van der Waals surface area (Å²) in [5.74, 6) is -0.944. The standard InChI is InChI=1S/C15H21NO4S/c1-5-14(3,4)13(19)20-11-10-6-9(8(2)17)15(7-16,21-10)12(11)18/h9-12,18H,5-6H2,1-4H3. The number of carbonyl (C=O) groups excluding carboxylic acids is 2. The van der Waals surface area contributed by atoms with Gasteiger partial charge in [-0.15, -0.1) is 11.8 Å². The van der Waals surface area contributed by atoms with Gasteiger partial charge in [0.2, 0.25) is 0 Å². The molecule has 21 heavy (non-hydrogen) atoms. The van der Waals surface area contributed by atoms with E-state index in [2.05, 4.69) is 6.07 Å². The van der Waals surface area contributed by atoms with E-state index in [4.69, 9.17) is 4.74 Å². The minimum atomic E-state index is -1.17. The second kappa shape index (κ2) is 5.29. The number of Topliss-reactive ketones (excluding diaryl/α,β-unsaturated/α-hetero) is 1. The van der Waals surface area contributed by atoms with Crippen LogP contribution in [0.2, 0.25) is 0 Å². The number of ether oxygens (including phenoxy) is 1. The molecule has 2 aliphatic heterocycles. The molecule has 0 aromatic rings. The number of nitrogens with zero attached hydrogens (tertiary/aromatic N) is 1. The zero-order valence-corrected chi connectivity index (χ0v) is 13.6. The Labute approximate surface area is 129 Å². The lowest BCUT2D eigenvalue weighted by molar-refractivity contribution is -0.168. The molecule has 0 aromatic heterocycles. The van der Waals surface area contributed by atoms with Crippen LogP contribution in [0.3, 0.4) is 0 Å². The van der Waals surface area contributed by atoms with Crippen molar-refractivity contribution < 1.29 is 19.4 Å². The topological polar surface area (TPSA) is 87.4 Å². The molecule has 5 atom stereocenters. The minimum absolute atomic E-state index is 0.0933. The summed E-state index contributed by atoms with van der Waals surface area (Å²) in [6, 6.07) is 2.11. The normalized spacial score (nSPS) is 38.1. The number of hydrogen-bond donors (Lipinski definition) is 1. The van der Waals surface area contributed by atoms with Crippen molar-refractivity contribution in [2.24, 2.45) is 11.3 Å². The average Bonchev–Trinajstić information content (AvgIpc) is 2.94. The molecule has 2 saturated heterocycles. The van der Waals surface area contributed by atoms with Gasteiger partial charge < -0.3 is 9.84 Å². The number of carbonyl (C=O) groups is 2. The molecule has 5 nitrogen and oxygen atoms in total. The van der Waals surface area contributed by atoms with Gasteiger partial charge in [0.15, 0.2) is 0 Å². The number of hydrogen-bond acceptors (Lipinski definition) is 6. The molecule has 116 valence electrons. The van der Waals surface area contributed by atoms with Crippen LogP contribution in [0.1, 0.15) is 40.5 Å². The van der Waals surface area contributed by atoms with E-state index in [0.717, 1.165) is 0 Å². The van der Waals surface area contributed by atoms with Gasteiger partial charge in [-0.3, -0.25) is 9.59 Å². The lowest BCUT2D eigenvalue weighted by Crippen LogP contribution is -2.53. The van der Waals surface area contributed by atoms with Crippen LogP contribution in [-0.2, 0) is 14.3 Å². The van der Waals surface area contributed by atoms with Gasteiger partial charge in [0.25, 0.3) is 0 Å². The second-order valence-electron chi connectivity index (χ2n) is 6.51. The third kappa shape index (κ3) is 2.36. The Balaban J connectivity index is 2.20. The molecule has 0 saturated carbocycles. The van der Waals surface area contributed by atoms with E-state index >= 15 is 0 Å². The van der Waals surface area contributed by atoms with Gasteiger partial charge in [0.1, 0.15) is 22.7 Å². The SMILES string of the molecule is CCC(C)(C)C(=O)OC1C2CC(C(C)=O)C(C#N)(S2)C1O. The summed E-state index contributed by atoms with van der Waals surface area (Å²) in [5.41, 5.74) is -0.619. The van der Waals surface area contributed by atoms with Crippen molar-refractivity contribution in [1.82, 2.24) is 0 Å². The van der Waals surface area contributed by atoms with Crippen molar-refractivity contribution >= 4 is 23.5 Å². The summed E-state index contributed by atoms with van der Waals surface area (Å²) in [6.07, 6.45) is -0.707. The summed E-state index contributed by atoms with van der Waals surface area (Å²) < 4.78 is 4.33. The van der Waals surface area contributed by atoms with Crippen LogP contribution in [0.15, 0.2) is 0 Å². The monoisotopic (exact) mass is 311 g/mol. The number of aliphatic hydroxyl groups excluding tert-OH is 1. The minimum Gasteiger partial charge on any atom is -0.458 e. The molecule has 1 N–H and O–H groups in total. The van der Waals surface area contributed by atoms with E-state index in [1.54, 1.807) is 13.8 Å². The molecule has 0 spiro atoms. The Bertz CT molecular complexity index is 512. The number of esters is 1. The molecule has 2 bridgehead atoms. The Morgan fingerprint density at radius 1 is 1.52 bits per heavy atom. The Kier molecular flexibility index (Phi) is 4.11. The maximum atomic E-state index is 12.2. The van der Waals surface area contributed by atoms with Crippen LogP contribution in [0.5, 0.6) is 0 Å². The summed E-state index contributed by atoms with van der Waals surface area (Å²) in [5, 5.41) is 19.7. The third-order valence-electron chi connectivity index (χ3n) is 4.79. The first kappa shape index (κ1) is 16.3. The predicted octanol–water partition coefficient (Wildman–Crippen LogP) is 1.68. The van der Waals surface area contributed by atoms with Crippen LogP contribution >= 0.6 is 11.8 Å². The number of rotatable bonds is 4. The average molecular weight is 311 g/mol. The molecule has 2 rings (SSSR count). The smallest absolute Gasteiger partial charge is 0.311 e. The number of thioether (sulfide) groups is 1. The summed E-state index contributed by atoms with van der Waals surface area (Å²) in [7, 11) is 0. The van der Waals surface area contributed by atoms with Crippen LogP contribution in [0, 0.1) is 22.7 Å². The molecule has 0 aliphatic carbocycles. The van der Waals surface area contributed by atoms with E-state index in [-0.39, 0.29) is 17.0 Å². The van der Waals surface area contributed by atoms with Crippen LogP contribution in [0.25, 0.3) is 0 Å². The molecule has 0 radical (unpaired) electrons. The largest absolute Gasteiger partial charge is 0.458 e. The molecular weight excluding hydrogens is 290 g/mol.